The Morgan fingerprint density at radius 2 is 2.17 bits per heavy atom. The summed E-state index contributed by atoms with van der Waals surface area (Å²) in [6.07, 6.45) is 1.68. The third-order valence-electron chi connectivity index (χ3n) is 2.74. The summed E-state index contributed by atoms with van der Waals surface area (Å²) in [4.78, 5) is 24.3. The molecule has 0 aliphatic rings. The van der Waals surface area contributed by atoms with Gasteiger partial charge in [-0.3, -0.25) is 9.59 Å². The predicted molar refractivity (Wildman–Crippen MR) is 68.9 cm³/mol. The quantitative estimate of drug-likeness (QED) is 0.891. The van der Waals surface area contributed by atoms with Gasteiger partial charge in [0.15, 0.2) is 0 Å². The monoisotopic (exact) mass is 272 g/mol. The molecule has 0 aliphatic heterocycles. The fourth-order valence-corrected chi connectivity index (χ4v) is 1.90. The first-order chi connectivity index (χ1) is 8.36. The van der Waals surface area contributed by atoms with Crippen molar-refractivity contribution in [2.24, 2.45) is 5.92 Å². The number of carboxylic acid groups (broad SMARTS) is 1. The van der Waals surface area contributed by atoms with E-state index in [1.165, 1.54) is 4.90 Å². The first-order valence-corrected chi connectivity index (χ1v) is 6.08. The van der Waals surface area contributed by atoms with E-state index in [2.05, 4.69) is 0 Å². The van der Waals surface area contributed by atoms with Crippen LogP contribution in [0.3, 0.4) is 0 Å². The Kier molecular flexibility index (Phi) is 4.78. The Labute approximate surface area is 111 Å². The summed E-state index contributed by atoms with van der Waals surface area (Å²) in [5, 5.41) is 9.32. The topological polar surface area (TPSA) is 62.5 Å². The smallest absolute Gasteiger partial charge is 0.308 e. The van der Waals surface area contributed by atoms with E-state index in [4.69, 9.17) is 16.7 Å². The SMILES string of the molecule is CCn1cc(Cl)cc1C(=O)N(C)CC(C)C(=O)O. The molecular weight excluding hydrogens is 256 g/mol. The molecule has 0 saturated carbocycles. The Bertz CT molecular complexity index is 456. The number of aliphatic carboxylic acids is 1. The number of aromatic nitrogens is 1. The minimum atomic E-state index is -0.918. The summed E-state index contributed by atoms with van der Waals surface area (Å²) >= 11 is 5.86. The number of carbonyl (C=O) groups is 2. The van der Waals surface area contributed by atoms with E-state index < -0.39 is 11.9 Å². The fraction of sp³-hybridized carbons (Fsp3) is 0.500. The lowest BCUT2D eigenvalue weighted by atomic mass is 10.1. The number of carbonyl (C=O) groups excluding carboxylic acids is 1. The second kappa shape index (κ2) is 5.91. The van der Waals surface area contributed by atoms with Crippen LogP contribution in [-0.4, -0.2) is 40.0 Å². The van der Waals surface area contributed by atoms with E-state index in [1.54, 1.807) is 30.8 Å². The summed E-state index contributed by atoms with van der Waals surface area (Å²) < 4.78 is 1.74. The molecule has 6 heteroatoms. The van der Waals surface area contributed by atoms with Crippen molar-refractivity contribution in [2.75, 3.05) is 13.6 Å². The molecular formula is C12H17ClN2O3. The summed E-state index contributed by atoms with van der Waals surface area (Å²) in [5.74, 6) is -1.74. The highest BCUT2D eigenvalue weighted by Crippen LogP contribution is 2.16. The minimum Gasteiger partial charge on any atom is -0.481 e. The molecule has 0 aromatic carbocycles. The van der Waals surface area contributed by atoms with Gasteiger partial charge in [0.05, 0.1) is 10.9 Å². The van der Waals surface area contributed by atoms with Crippen LogP contribution in [0, 0.1) is 5.92 Å². The van der Waals surface area contributed by atoms with Crippen LogP contribution in [0.15, 0.2) is 12.3 Å². The lowest BCUT2D eigenvalue weighted by Crippen LogP contribution is -2.34. The standard InChI is InChI=1S/C12H17ClN2O3/c1-4-15-7-9(13)5-10(15)11(16)14(3)6-8(2)12(17)18/h5,7-8H,4,6H2,1-3H3,(H,17,18). The van der Waals surface area contributed by atoms with Crippen LogP contribution in [0.4, 0.5) is 0 Å². The highest BCUT2D eigenvalue weighted by atomic mass is 35.5. The molecule has 0 aliphatic carbocycles. The minimum absolute atomic E-state index is 0.167. The molecule has 5 nitrogen and oxygen atoms in total. The summed E-state index contributed by atoms with van der Waals surface area (Å²) in [6.45, 7) is 4.28. The molecule has 0 radical (unpaired) electrons. The van der Waals surface area contributed by atoms with Crippen molar-refractivity contribution in [1.29, 1.82) is 0 Å². The zero-order valence-corrected chi connectivity index (χ0v) is 11.4. The average Bonchev–Trinajstić information content (AvgIpc) is 2.69. The van der Waals surface area contributed by atoms with Gasteiger partial charge in [-0.25, -0.2) is 0 Å². The number of rotatable bonds is 5. The summed E-state index contributed by atoms with van der Waals surface area (Å²) in [6, 6.07) is 1.59. The van der Waals surface area contributed by atoms with Crippen molar-refractivity contribution in [1.82, 2.24) is 9.47 Å². The van der Waals surface area contributed by atoms with Crippen molar-refractivity contribution < 1.29 is 14.7 Å². The molecule has 100 valence electrons. The van der Waals surface area contributed by atoms with Crippen LogP contribution in [0.1, 0.15) is 24.3 Å². The molecule has 1 unspecified atom stereocenters. The molecule has 0 fully saturated rings. The molecule has 0 bridgehead atoms. The van der Waals surface area contributed by atoms with Gasteiger partial charge in [-0.15, -0.1) is 0 Å². The maximum Gasteiger partial charge on any atom is 0.308 e. The lowest BCUT2D eigenvalue weighted by Gasteiger charge is -2.20. The molecule has 1 atom stereocenters. The van der Waals surface area contributed by atoms with Gasteiger partial charge in [0.25, 0.3) is 5.91 Å². The average molecular weight is 273 g/mol. The fourth-order valence-electron chi connectivity index (χ4n) is 1.68. The van der Waals surface area contributed by atoms with Gasteiger partial charge in [0.1, 0.15) is 5.69 Å². The van der Waals surface area contributed by atoms with Crippen LogP contribution in [-0.2, 0) is 11.3 Å². The first-order valence-electron chi connectivity index (χ1n) is 5.70. The van der Waals surface area contributed by atoms with Crippen molar-refractivity contribution in [3.63, 3.8) is 0 Å². The zero-order chi connectivity index (χ0) is 13.9. The number of hydrogen-bond acceptors (Lipinski definition) is 2. The third kappa shape index (κ3) is 3.26. The molecule has 1 heterocycles. The third-order valence-corrected chi connectivity index (χ3v) is 2.95. The Morgan fingerprint density at radius 1 is 1.56 bits per heavy atom. The maximum atomic E-state index is 12.1. The van der Waals surface area contributed by atoms with Crippen molar-refractivity contribution >= 4 is 23.5 Å². The normalized spacial score (nSPS) is 12.2. The lowest BCUT2D eigenvalue weighted by molar-refractivity contribution is -0.141. The second-order valence-electron chi connectivity index (χ2n) is 4.25. The number of hydrogen-bond donors (Lipinski definition) is 1. The van der Waals surface area contributed by atoms with Crippen molar-refractivity contribution in [2.45, 2.75) is 20.4 Å². The molecule has 1 aromatic rings. The van der Waals surface area contributed by atoms with E-state index in [0.29, 0.717) is 17.3 Å². The molecule has 1 amide bonds. The second-order valence-corrected chi connectivity index (χ2v) is 4.69. The Hall–Kier alpha value is -1.49. The van der Waals surface area contributed by atoms with Gasteiger partial charge >= 0.3 is 5.97 Å². The van der Waals surface area contributed by atoms with E-state index in [9.17, 15) is 9.59 Å². The predicted octanol–water partition coefficient (Wildman–Crippen LogP) is 1.95. The first kappa shape index (κ1) is 14.6. The van der Waals surface area contributed by atoms with Crippen LogP contribution in [0.2, 0.25) is 5.02 Å². The largest absolute Gasteiger partial charge is 0.481 e. The van der Waals surface area contributed by atoms with Gasteiger partial charge in [-0.2, -0.15) is 0 Å². The van der Waals surface area contributed by atoms with Crippen LogP contribution in [0.25, 0.3) is 0 Å². The highest BCUT2D eigenvalue weighted by Gasteiger charge is 2.21. The Morgan fingerprint density at radius 3 is 2.67 bits per heavy atom. The molecule has 1 N–H and O–H groups in total. The van der Waals surface area contributed by atoms with E-state index in [0.717, 1.165) is 0 Å². The van der Waals surface area contributed by atoms with Crippen LogP contribution in [0.5, 0.6) is 0 Å². The van der Waals surface area contributed by atoms with Crippen molar-refractivity contribution in [3.8, 4) is 0 Å². The van der Waals surface area contributed by atoms with E-state index in [-0.39, 0.29) is 12.5 Å². The Balaban J connectivity index is 2.83. The summed E-state index contributed by atoms with van der Waals surface area (Å²) in [7, 11) is 1.59. The van der Waals surface area contributed by atoms with Crippen LogP contribution < -0.4 is 0 Å². The molecule has 0 saturated heterocycles. The highest BCUT2D eigenvalue weighted by molar-refractivity contribution is 6.31. The van der Waals surface area contributed by atoms with Gasteiger partial charge in [0.2, 0.25) is 0 Å². The van der Waals surface area contributed by atoms with Gasteiger partial charge in [0, 0.05) is 26.3 Å². The van der Waals surface area contributed by atoms with E-state index in [1.807, 2.05) is 6.92 Å². The maximum absolute atomic E-state index is 12.1. The number of aryl methyl sites for hydroxylation is 1. The number of halogens is 1. The van der Waals surface area contributed by atoms with Crippen LogP contribution >= 0.6 is 11.6 Å². The molecule has 0 spiro atoms. The van der Waals surface area contributed by atoms with E-state index >= 15 is 0 Å². The molecule has 1 rings (SSSR count). The molecule has 18 heavy (non-hydrogen) atoms. The van der Waals surface area contributed by atoms with Gasteiger partial charge in [-0.1, -0.05) is 18.5 Å². The zero-order valence-electron chi connectivity index (χ0n) is 10.7. The number of amides is 1. The van der Waals surface area contributed by atoms with Crippen molar-refractivity contribution in [3.05, 3.63) is 23.0 Å². The number of carboxylic acids is 1. The number of nitrogens with zero attached hydrogens (tertiary/aromatic N) is 2. The molecule has 1 aromatic heterocycles. The summed E-state index contributed by atoms with van der Waals surface area (Å²) in [5.41, 5.74) is 0.475. The van der Waals surface area contributed by atoms with Gasteiger partial charge in [-0.05, 0) is 13.0 Å². The van der Waals surface area contributed by atoms with Gasteiger partial charge < -0.3 is 14.6 Å².